The average molecular weight is 468 g/mol. The summed E-state index contributed by atoms with van der Waals surface area (Å²) in [6, 6.07) is 8.22. The van der Waals surface area contributed by atoms with E-state index in [2.05, 4.69) is 5.10 Å². The lowest BCUT2D eigenvalue weighted by atomic mass is 10.2. The van der Waals surface area contributed by atoms with Gasteiger partial charge < -0.3 is 4.74 Å². The van der Waals surface area contributed by atoms with Crippen LogP contribution in [0, 0.1) is 49.3 Å². The molecule has 33 heavy (non-hydrogen) atoms. The molecule has 3 rings (SSSR count). The molecule has 0 aromatic heterocycles. The number of nitrogens with zero attached hydrogens (tertiary/aromatic N) is 3. The van der Waals surface area contributed by atoms with Gasteiger partial charge in [-0.1, -0.05) is 12.1 Å². The van der Waals surface area contributed by atoms with Crippen molar-refractivity contribution < 1.29 is 36.5 Å². The van der Waals surface area contributed by atoms with Crippen LogP contribution in [-0.4, -0.2) is 16.1 Å². The summed E-state index contributed by atoms with van der Waals surface area (Å²) >= 11 is 0. The zero-order valence-electron chi connectivity index (χ0n) is 15.9. The Morgan fingerprint density at radius 1 is 0.848 bits per heavy atom. The summed E-state index contributed by atoms with van der Waals surface area (Å²) in [4.78, 5) is 20.3. The van der Waals surface area contributed by atoms with Gasteiger partial charge in [0.1, 0.15) is 11.4 Å². The maximum atomic E-state index is 13.6. The standard InChI is InChI=1S/C19H9F5N4O5/c20-14-15(21)17(23)19(18(24)16(14)22)26-25-8-9-2-1-3-11(6-9)33-13-5-4-10(27(29)30)7-12(13)28(31)32/h1-8,26H/b25-8-. The van der Waals surface area contributed by atoms with Crippen LogP contribution in [0.1, 0.15) is 5.56 Å². The Bertz CT molecular complexity index is 1270. The van der Waals surface area contributed by atoms with Crippen LogP contribution in [0.25, 0.3) is 0 Å². The van der Waals surface area contributed by atoms with E-state index in [-0.39, 0.29) is 17.1 Å². The van der Waals surface area contributed by atoms with Crippen molar-refractivity contribution in [1.82, 2.24) is 0 Å². The van der Waals surface area contributed by atoms with E-state index in [1.807, 2.05) is 0 Å². The van der Waals surface area contributed by atoms with Gasteiger partial charge in [-0.15, -0.1) is 0 Å². The van der Waals surface area contributed by atoms with Crippen molar-refractivity contribution in [1.29, 1.82) is 0 Å². The van der Waals surface area contributed by atoms with E-state index in [9.17, 15) is 42.2 Å². The second-order valence-electron chi connectivity index (χ2n) is 6.16. The normalized spacial score (nSPS) is 10.9. The summed E-state index contributed by atoms with van der Waals surface area (Å²) < 4.78 is 72.2. The van der Waals surface area contributed by atoms with Gasteiger partial charge in [0.2, 0.25) is 11.6 Å². The Hall–Kier alpha value is -4.62. The van der Waals surface area contributed by atoms with Gasteiger partial charge in [-0.3, -0.25) is 25.7 Å². The monoisotopic (exact) mass is 468 g/mol. The molecule has 9 nitrogen and oxygen atoms in total. The van der Waals surface area contributed by atoms with E-state index in [0.29, 0.717) is 6.07 Å². The number of rotatable bonds is 7. The largest absolute Gasteiger partial charge is 0.450 e. The predicted molar refractivity (Wildman–Crippen MR) is 104 cm³/mol. The molecule has 3 aromatic carbocycles. The maximum absolute atomic E-state index is 13.6. The lowest BCUT2D eigenvalue weighted by molar-refractivity contribution is -0.394. The molecule has 0 fully saturated rings. The molecule has 170 valence electrons. The topological polar surface area (TPSA) is 120 Å². The van der Waals surface area contributed by atoms with E-state index in [1.165, 1.54) is 24.3 Å². The highest BCUT2D eigenvalue weighted by molar-refractivity contribution is 5.81. The number of ether oxygens (including phenoxy) is 1. The zero-order chi connectivity index (χ0) is 24.3. The third-order valence-corrected chi connectivity index (χ3v) is 4.04. The van der Waals surface area contributed by atoms with Crippen LogP contribution in [0.3, 0.4) is 0 Å². The van der Waals surface area contributed by atoms with Crippen molar-refractivity contribution in [3.8, 4) is 11.5 Å². The molecule has 0 amide bonds. The van der Waals surface area contributed by atoms with Gasteiger partial charge in [-0.2, -0.15) is 5.10 Å². The van der Waals surface area contributed by atoms with Crippen LogP contribution in [0.15, 0.2) is 47.6 Å². The number of nitro benzene ring substituents is 2. The minimum Gasteiger partial charge on any atom is -0.450 e. The number of halogens is 5. The number of benzene rings is 3. The lowest BCUT2D eigenvalue weighted by Crippen LogP contribution is -2.06. The number of hydrogen-bond acceptors (Lipinski definition) is 7. The number of nitro groups is 2. The molecule has 0 bridgehead atoms. The molecule has 14 heteroatoms. The second kappa shape index (κ2) is 9.25. The van der Waals surface area contributed by atoms with Crippen LogP contribution in [0.4, 0.5) is 39.0 Å². The number of anilines is 1. The van der Waals surface area contributed by atoms with Crippen LogP contribution >= 0.6 is 0 Å². The van der Waals surface area contributed by atoms with Gasteiger partial charge in [0.05, 0.1) is 22.1 Å². The smallest absolute Gasteiger partial charge is 0.318 e. The van der Waals surface area contributed by atoms with Crippen molar-refractivity contribution in [2.75, 3.05) is 5.43 Å². The number of nitrogens with one attached hydrogen (secondary N) is 1. The van der Waals surface area contributed by atoms with E-state index < -0.39 is 56.0 Å². The van der Waals surface area contributed by atoms with Crippen LogP contribution < -0.4 is 10.2 Å². The van der Waals surface area contributed by atoms with E-state index >= 15 is 0 Å². The molecule has 0 aliphatic carbocycles. The maximum Gasteiger partial charge on any atom is 0.318 e. The summed E-state index contributed by atoms with van der Waals surface area (Å²) in [6.45, 7) is 0. The third kappa shape index (κ3) is 4.84. The van der Waals surface area contributed by atoms with E-state index in [4.69, 9.17) is 4.74 Å². The predicted octanol–water partition coefficient (Wildman–Crippen LogP) is 5.44. The highest BCUT2D eigenvalue weighted by atomic mass is 19.2. The van der Waals surface area contributed by atoms with Crippen LogP contribution in [0.5, 0.6) is 11.5 Å². The first-order chi connectivity index (χ1) is 15.6. The van der Waals surface area contributed by atoms with Gasteiger partial charge in [0.15, 0.2) is 23.3 Å². The van der Waals surface area contributed by atoms with Crippen LogP contribution in [0.2, 0.25) is 0 Å². The molecule has 0 aliphatic rings. The summed E-state index contributed by atoms with van der Waals surface area (Å²) in [5, 5.41) is 25.4. The minimum absolute atomic E-state index is 0.0205. The molecule has 1 N–H and O–H groups in total. The number of hydrogen-bond donors (Lipinski definition) is 1. The molecule has 0 saturated carbocycles. The quantitative estimate of drug-likeness (QED) is 0.123. The van der Waals surface area contributed by atoms with Gasteiger partial charge >= 0.3 is 5.69 Å². The molecular formula is C19H9F5N4O5. The van der Waals surface area contributed by atoms with Crippen LogP contribution in [-0.2, 0) is 0 Å². The average Bonchev–Trinajstić information content (AvgIpc) is 2.79. The fraction of sp³-hybridized carbons (Fsp3) is 0. The van der Waals surface area contributed by atoms with Crippen molar-refractivity contribution in [3.05, 3.63) is 97.3 Å². The molecule has 3 aromatic rings. The Balaban J connectivity index is 1.83. The van der Waals surface area contributed by atoms with Crippen molar-refractivity contribution in [2.24, 2.45) is 5.10 Å². The molecule has 0 spiro atoms. The van der Waals surface area contributed by atoms with Gasteiger partial charge in [-0.25, -0.2) is 22.0 Å². The highest BCUT2D eigenvalue weighted by Crippen LogP contribution is 2.34. The lowest BCUT2D eigenvalue weighted by Gasteiger charge is -2.08. The number of non-ortho nitro benzene ring substituents is 1. The number of hydrazone groups is 1. The summed E-state index contributed by atoms with van der Waals surface area (Å²) in [5.41, 5.74) is -0.624. The van der Waals surface area contributed by atoms with E-state index in [1.54, 1.807) is 5.43 Å². The SMILES string of the molecule is O=[N+]([O-])c1ccc(Oc2cccc(/C=N\Nc3c(F)c(F)c(F)c(F)c3F)c2)c([N+](=O)[O-])c1. The molecule has 0 atom stereocenters. The first kappa shape index (κ1) is 23.1. The summed E-state index contributed by atoms with van der Waals surface area (Å²) in [6.07, 6.45) is 0.954. The first-order valence-corrected chi connectivity index (χ1v) is 8.61. The van der Waals surface area contributed by atoms with Gasteiger partial charge in [0.25, 0.3) is 5.69 Å². The highest BCUT2D eigenvalue weighted by Gasteiger charge is 2.25. The van der Waals surface area contributed by atoms with Crippen molar-refractivity contribution in [2.45, 2.75) is 0 Å². The first-order valence-electron chi connectivity index (χ1n) is 8.61. The van der Waals surface area contributed by atoms with Gasteiger partial charge in [-0.05, 0) is 23.8 Å². The van der Waals surface area contributed by atoms with Crippen molar-refractivity contribution in [3.63, 3.8) is 0 Å². The summed E-state index contributed by atoms with van der Waals surface area (Å²) in [7, 11) is 0. The molecular weight excluding hydrogens is 459 g/mol. The second-order valence-corrected chi connectivity index (χ2v) is 6.16. The minimum atomic E-state index is -2.32. The van der Waals surface area contributed by atoms with Gasteiger partial charge in [0, 0.05) is 6.07 Å². The Labute approximate surface area is 180 Å². The van der Waals surface area contributed by atoms with E-state index in [0.717, 1.165) is 18.3 Å². The van der Waals surface area contributed by atoms with Crippen molar-refractivity contribution >= 4 is 23.3 Å². The Morgan fingerprint density at radius 3 is 2.09 bits per heavy atom. The third-order valence-electron chi connectivity index (χ3n) is 4.04. The molecule has 0 unspecified atom stereocenters. The fourth-order valence-electron chi connectivity index (χ4n) is 2.51. The molecule has 0 saturated heterocycles. The fourth-order valence-corrected chi connectivity index (χ4v) is 2.51. The Morgan fingerprint density at radius 2 is 1.48 bits per heavy atom. The molecule has 0 radical (unpaired) electrons. The molecule has 0 heterocycles. The Kier molecular flexibility index (Phi) is 6.46. The molecule has 0 aliphatic heterocycles. The zero-order valence-corrected chi connectivity index (χ0v) is 15.9. The summed E-state index contributed by atoms with van der Waals surface area (Å²) in [5.74, 6) is -11.1.